The molecule has 0 aliphatic heterocycles. The van der Waals surface area contributed by atoms with Crippen LogP contribution in [-0.2, 0) is 21.9 Å². The van der Waals surface area contributed by atoms with Gasteiger partial charge in [0, 0.05) is 33.9 Å². The van der Waals surface area contributed by atoms with Crippen molar-refractivity contribution in [1.29, 1.82) is 0 Å². The van der Waals surface area contributed by atoms with E-state index in [0.29, 0.717) is 22.0 Å². The summed E-state index contributed by atoms with van der Waals surface area (Å²) in [5, 5.41) is 4.21. The van der Waals surface area contributed by atoms with Gasteiger partial charge in [0.05, 0.1) is 5.75 Å². The molecular weight excluding hydrogens is 499 g/mol. The van der Waals surface area contributed by atoms with Crippen LogP contribution in [0.2, 0.25) is 10.0 Å². The number of rotatable bonds is 10. The second-order valence-corrected chi connectivity index (χ2v) is 11.3. The summed E-state index contributed by atoms with van der Waals surface area (Å²) in [4.78, 5) is 28.5. The minimum atomic E-state index is -0.571. The van der Waals surface area contributed by atoms with Crippen LogP contribution in [0.3, 0.4) is 0 Å². The Morgan fingerprint density at radius 2 is 1.69 bits per heavy atom. The first-order valence-corrected chi connectivity index (χ1v) is 14.4. The minimum absolute atomic E-state index is 0.0824. The summed E-state index contributed by atoms with van der Waals surface area (Å²) in [6.07, 6.45) is 6.00. The Kier molecular flexibility index (Phi) is 10.8. The predicted molar refractivity (Wildman–Crippen MR) is 148 cm³/mol. The van der Waals surface area contributed by atoms with E-state index < -0.39 is 6.04 Å². The molecule has 35 heavy (non-hydrogen) atoms. The average molecular weight is 536 g/mol. The zero-order valence-corrected chi connectivity index (χ0v) is 23.2. The quantitative estimate of drug-likeness (QED) is 0.353. The largest absolute Gasteiger partial charge is 0.352 e. The Morgan fingerprint density at radius 3 is 2.29 bits per heavy atom. The van der Waals surface area contributed by atoms with Gasteiger partial charge in [-0.2, -0.15) is 0 Å². The number of hydrogen-bond acceptors (Lipinski definition) is 3. The van der Waals surface area contributed by atoms with Gasteiger partial charge >= 0.3 is 0 Å². The fourth-order valence-electron chi connectivity index (χ4n) is 4.81. The standard InChI is InChI=1S/C28H36Cl2N2O2S/c1-4-26(28(34)31-22-9-6-5-7-10-22)32(16-23-24(29)11-8-12-25(23)30)27(33)18-35-17-21-14-19(2)13-20(3)15-21/h8,11-15,22,26H,4-7,9-10,16-18H2,1-3H3,(H,31,34)/t26-/m0/s1. The highest BCUT2D eigenvalue weighted by Crippen LogP contribution is 2.28. The molecular formula is C28H36Cl2N2O2S. The van der Waals surface area contributed by atoms with Crippen molar-refractivity contribution < 1.29 is 9.59 Å². The van der Waals surface area contributed by atoms with Gasteiger partial charge in [-0.25, -0.2) is 0 Å². The van der Waals surface area contributed by atoms with Crippen LogP contribution in [0.1, 0.15) is 67.7 Å². The first kappa shape index (κ1) is 27.9. The molecule has 2 aromatic carbocycles. The number of carbonyl (C=O) groups excluding carboxylic acids is 2. The van der Waals surface area contributed by atoms with Crippen molar-refractivity contribution in [2.24, 2.45) is 0 Å². The van der Waals surface area contributed by atoms with E-state index in [1.807, 2.05) is 6.92 Å². The van der Waals surface area contributed by atoms with Crippen LogP contribution in [0, 0.1) is 13.8 Å². The summed E-state index contributed by atoms with van der Waals surface area (Å²) in [6, 6.07) is 11.4. The van der Waals surface area contributed by atoms with Crippen molar-refractivity contribution in [2.75, 3.05) is 5.75 Å². The molecule has 3 rings (SSSR count). The highest BCUT2D eigenvalue weighted by atomic mass is 35.5. The van der Waals surface area contributed by atoms with Gasteiger partial charge in [0.25, 0.3) is 0 Å². The zero-order valence-electron chi connectivity index (χ0n) is 20.9. The van der Waals surface area contributed by atoms with Crippen molar-refractivity contribution in [1.82, 2.24) is 10.2 Å². The molecule has 0 spiro atoms. The molecule has 1 saturated carbocycles. The Labute approximate surface area is 224 Å². The molecule has 0 unspecified atom stereocenters. The van der Waals surface area contributed by atoms with Crippen LogP contribution in [-0.4, -0.2) is 34.6 Å². The van der Waals surface area contributed by atoms with E-state index in [2.05, 4.69) is 37.4 Å². The Hall–Kier alpha value is -1.69. The molecule has 190 valence electrons. The lowest BCUT2D eigenvalue weighted by Gasteiger charge is -2.33. The first-order chi connectivity index (χ1) is 16.8. The maximum atomic E-state index is 13.5. The number of thioether (sulfide) groups is 1. The van der Waals surface area contributed by atoms with Crippen molar-refractivity contribution in [3.8, 4) is 0 Å². The zero-order chi connectivity index (χ0) is 25.4. The second-order valence-electron chi connectivity index (χ2n) is 9.48. The number of nitrogens with one attached hydrogen (secondary N) is 1. The molecule has 0 aromatic heterocycles. The van der Waals surface area contributed by atoms with Crippen LogP contribution in [0.15, 0.2) is 36.4 Å². The number of carbonyl (C=O) groups is 2. The fourth-order valence-corrected chi connectivity index (χ4v) is 6.17. The Balaban J connectivity index is 1.76. The van der Waals surface area contributed by atoms with E-state index in [1.54, 1.807) is 34.9 Å². The monoisotopic (exact) mass is 534 g/mol. The molecule has 1 aliphatic rings. The van der Waals surface area contributed by atoms with E-state index in [9.17, 15) is 9.59 Å². The molecule has 0 bridgehead atoms. The lowest BCUT2D eigenvalue weighted by molar-refractivity contribution is -0.139. The molecule has 1 fully saturated rings. The molecule has 1 aliphatic carbocycles. The van der Waals surface area contributed by atoms with Crippen molar-refractivity contribution >= 4 is 46.8 Å². The minimum Gasteiger partial charge on any atom is -0.352 e. The van der Waals surface area contributed by atoms with Crippen molar-refractivity contribution in [3.63, 3.8) is 0 Å². The van der Waals surface area contributed by atoms with Crippen LogP contribution in [0.5, 0.6) is 0 Å². The van der Waals surface area contributed by atoms with Gasteiger partial charge in [-0.1, -0.05) is 84.8 Å². The number of benzene rings is 2. The summed E-state index contributed by atoms with van der Waals surface area (Å²) < 4.78 is 0. The van der Waals surface area contributed by atoms with Gasteiger partial charge in [-0.05, 0) is 50.8 Å². The fraction of sp³-hybridized carbons (Fsp3) is 0.500. The van der Waals surface area contributed by atoms with E-state index in [0.717, 1.165) is 31.4 Å². The third kappa shape index (κ3) is 8.16. The second kappa shape index (κ2) is 13.6. The number of amides is 2. The van der Waals surface area contributed by atoms with Crippen LogP contribution in [0.4, 0.5) is 0 Å². The first-order valence-electron chi connectivity index (χ1n) is 12.5. The predicted octanol–water partition coefficient (Wildman–Crippen LogP) is 7.10. The average Bonchev–Trinajstić information content (AvgIpc) is 2.80. The van der Waals surface area contributed by atoms with E-state index in [-0.39, 0.29) is 30.2 Å². The molecule has 1 N–H and O–H groups in total. The molecule has 0 radical (unpaired) electrons. The summed E-state index contributed by atoms with van der Waals surface area (Å²) in [6.45, 7) is 6.32. The van der Waals surface area contributed by atoms with E-state index >= 15 is 0 Å². The van der Waals surface area contributed by atoms with E-state index in [4.69, 9.17) is 23.2 Å². The molecule has 2 aromatic rings. The SMILES string of the molecule is CC[C@@H](C(=O)NC1CCCCC1)N(Cc1c(Cl)cccc1Cl)C(=O)CSCc1cc(C)cc(C)c1. The highest BCUT2D eigenvalue weighted by Gasteiger charge is 2.31. The van der Waals surface area contributed by atoms with Crippen LogP contribution >= 0.6 is 35.0 Å². The molecule has 4 nitrogen and oxygen atoms in total. The van der Waals surface area contributed by atoms with Crippen molar-refractivity contribution in [2.45, 2.75) is 83.7 Å². The maximum absolute atomic E-state index is 13.5. The Morgan fingerprint density at radius 1 is 1.06 bits per heavy atom. The lowest BCUT2D eigenvalue weighted by Crippen LogP contribution is -2.52. The topological polar surface area (TPSA) is 49.4 Å². The smallest absolute Gasteiger partial charge is 0.243 e. The number of hydrogen-bond donors (Lipinski definition) is 1. The highest BCUT2D eigenvalue weighted by molar-refractivity contribution is 7.99. The van der Waals surface area contributed by atoms with Gasteiger partial charge < -0.3 is 10.2 Å². The molecule has 0 heterocycles. The number of halogens is 2. The lowest BCUT2D eigenvalue weighted by atomic mass is 9.95. The normalized spacial score (nSPS) is 15.0. The summed E-state index contributed by atoms with van der Waals surface area (Å²) in [5.41, 5.74) is 4.30. The third-order valence-electron chi connectivity index (χ3n) is 6.50. The van der Waals surface area contributed by atoms with Gasteiger partial charge in [-0.15, -0.1) is 11.8 Å². The maximum Gasteiger partial charge on any atom is 0.243 e. The summed E-state index contributed by atoms with van der Waals surface area (Å²) >= 11 is 14.5. The summed E-state index contributed by atoms with van der Waals surface area (Å²) in [7, 11) is 0. The third-order valence-corrected chi connectivity index (χ3v) is 8.20. The molecule has 0 saturated heterocycles. The number of nitrogens with zero attached hydrogens (tertiary/aromatic N) is 1. The molecule has 2 amide bonds. The van der Waals surface area contributed by atoms with Crippen molar-refractivity contribution in [3.05, 3.63) is 68.7 Å². The van der Waals surface area contributed by atoms with Crippen LogP contribution in [0.25, 0.3) is 0 Å². The Bertz CT molecular complexity index is 984. The summed E-state index contributed by atoms with van der Waals surface area (Å²) in [5.74, 6) is 0.846. The molecule has 7 heteroatoms. The molecule has 1 atom stereocenters. The van der Waals surface area contributed by atoms with Gasteiger partial charge in [0.1, 0.15) is 6.04 Å². The van der Waals surface area contributed by atoms with Gasteiger partial charge in [0.15, 0.2) is 0 Å². The van der Waals surface area contributed by atoms with Crippen LogP contribution < -0.4 is 5.32 Å². The van der Waals surface area contributed by atoms with Gasteiger partial charge in [0.2, 0.25) is 11.8 Å². The number of aryl methyl sites for hydroxylation is 2. The van der Waals surface area contributed by atoms with Gasteiger partial charge in [-0.3, -0.25) is 9.59 Å². The van der Waals surface area contributed by atoms with E-state index in [1.165, 1.54) is 23.1 Å².